The summed E-state index contributed by atoms with van der Waals surface area (Å²) in [5.41, 5.74) is 4.77. The minimum Gasteiger partial charge on any atom is -0.421 e. The van der Waals surface area contributed by atoms with E-state index in [1.54, 1.807) is 7.11 Å². The Labute approximate surface area is 70.9 Å². The van der Waals surface area contributed by atoms with Crippen molar-refractivity contribution in [1.29, 1.82) is 0 Å². The Balaban J connectivity index is 2.88. The highest BCUT2D eigenvalue weighted by Gasteiger charge is 2.26. The predicted octanol–water partition coefficient (Wildman–Crippen LogP) is 0.410. The second-order valence-corrected chi connectivity index (χ2v) is 2.92. The van der Waals surface area contributed by atoms with E-state index in [9.17, 15) is 0 Å². The van der Waals surface area contributed by atoms with Gasteiger partial charge in [-0.3, -0.25) is 0 Å². The number of hydrogen-bond donors (Lipinski definition) is 1. The highest BCUT2D eigenvalue weighted by atomic mass is 16.5. The van der Waals surface area contributed by atoms with Gasteiger partial charge in [0.15, 0.2) is 0 Å². The quantitative estimate of drug-likeness (QED) is 0.713. The van der Waals surface area contributed by atoms with Crippen LogP contribution in [0.1, 0.15) is 25.6 Å². The van der Waals surface area contributed by atoms with Gasteiger partial charge in [0.05, 0.1) is 6.54 Å². The number of methoxy groups -OCH3 is 1. The minimum atomic E-state index is -0.541. The van der Waals surface area contributed by atoms with E-state index in [2.05, 4.69) is 10.2 Å². The van der Waals surface area contributed by atoms with Crippen LogP contribution in [-0.4, -0.2) is 17.3 Å². The molecule has 0 amide bonds. The molecule has 5 heteroatoms. The summed E-state index contributed by atoms with van der Waals surface area (Å²) in [6.07, 6.45) is 0. The molecule has 1 rings (SSSR count). The van der Waals surface area contributed by atoms with Crippen LogP contribution in [0.15, 0.2) is 4.42 Å². The van der Waals surface area contributed by atoms with E-state index in [-0.39, 0.29) is 6.54 Å². The topological polar surface area (TPSA) is 74.2 Å². The molecule has 12 heavy (non-hydrogen) atoms. The van der Waals surface area contributed by atoms with Crippen molar-refractivity contribution in [3.63, 3.8) is 0 Å². The largest absolute Gasteiger partial charge is 0.421 e. The molecule has 1 aromatic rings. The predicted molar refractivity (Wildman–Crippen MR) is 42.2 cm³/mol. The summed E-state index contributed by atoms with van der Waals surface area (Å²) in [6.45, 7) is 3.95. The number of ether oxygens (including phenoxy) is 1. The molecule has 0 aliphatic carbocycles. The molecule has 0 saturated heterocycles. The van der Waals surface area contributed by atoms with Crippen LogP contribution in [0.3, 0.4) is 0 Å². The third-order valence-corrected chi connectivity index (χ3v) is 1.67. The first-order valence-corrected chi connectivity index (χ1v) is 3.68. The number of nitrogens with zero attached hydrogens (tertiary/aromatic N) is 2. The Bertz CT molecular complexity index is 257. The molecule has 1 aromatic heterocycles. The Morgan fingerprint density at radius 1 is 1.50 bits per heavy atom. The van der Waals surface area contributed by atoms with Crippen LogP contribution in [0.2, 0.25) is 0 Å². The van der Waals surface area contributed by atoms with Gasteiger partial charge in [0.1, 0.15) is 5.60 Å². The Hall–Kier alpha value is -0.940. The van der Waals surface area contributed by atoms with E-state index in [4.69, 9.17) is 14.9 Å². The standard InChI is InChI=1S/C7H13N3O2/c1-7(2,11-3)6-10-9-5(4-8)12-6/h4,8H2,1-3H3. The third kappa shape index (κ3) is 1.62. The monoisotopic (exact) mass is 171 g/mol. The first-order valence-electron chi connectivity index (χ1n) is 3.68. The third-order valence-electron chi connectivity index (χ3n) is 1.67. The smallest absolute Gasteiger partial charge is 0.247 e. The highest BCUT2D eigenvalue weighted by Crippen LogP contribution is 2.21. The van der Waals surface area contributed by atoms with Gasteiger partial charge in [-0.2, -0.15) is 0 Å². The molecular weight excluding hydrogens is 158 g/mol. The van der Waals surface area contributed by atoms with Crippen LogP contribution in [0.25, 0.3) is 0 Å². The van der Waals surface area contributed by atoms with Crippen molar-refractivity contribution in [1.82, 2.24) is 10.2 Å². The summed E-state index contributed by atoms with van der Waals surface area (Å²) < 4.78 is 10.4. The minimum absolute atomic E-state index is 0.257. The van der Waals surface area contributed by atoms with Gasteiger partial charge in [-0.05, 0) is 13.8 Å². The molecule has 68 valence electrons. The summed E-state index contributed by atoms with van der Waals surface area (Å²) in [5, 5.41) is 7.54. The van der Waals surface area contributed by atoms with Crippen LogP contribution in [0.5, 0.6) is 0 Å². The lowest BCUT2D eigenvalue weighted by molar-refractivity contribution is -0.00450. The zero-order valence-electron chi connectivity index (χ0n) is 7.50. The van der Waals surface area contributed by atoms with Gasteiger partial charge in [-0.25, -0.2) is 0 Å². The lowest BCUT2D eigenvalue weighted by atomic mass is 10.1. The molecule has 0 aromatic carbocycles. The van der Waals surface area contributed by atoms with Crippen LogP contribution in [0.4, 0.5) is 0 Å². The van der Waals surface area contributed by atoms with E-state index in [1.807, 2.05) is 13.8 Å². The van der Waals surface area contributed by atoms with Crippen molar-refractivity contribution in [2.75, 3.05) is 7.11 Å². The van der Waals surface area contributed by atoms with Crippen LogP contribution in [0, 0.1) is 0 Å². The molecule has 0 fully saturated rings. The molecule has 0 radical (unpaired) electrons. The Morgan fingerprint density at radius 3 is 2.58 bits per heavy atom. The number of rotatable bonds is 3. The van der Waals surface area contributed by atoms with Gasteiger partial charge < -0.3 is 14.9 Å². The lowest BCUT2D eigenvalue weighted by Crippen LogP contribution is -2.19. The highest BCUT2D eigenvalue weighted by molar-refractivity contribution is 4.92. The molecule has 0 bridgehead atoms. The molecule has 2 N–H and O–H groups in total. The molecular formula is C7H13N3O2. The average Bonchev–Trinajstić information content (AvgIpc) is 2.52. The Kier molecular flexibility index (Phi) is 2.44. The van der Waals surface area contributed by atoms with Crippen molar-refractivity contribution in [2.45, 2.75) is 26.0 Å². The molecule has 0 aliphatic heterocycles. The van der Waals surface area contributed by atoms with Crippen molar-refractivity contribution < 1.29 is 9.15 Å². The fourth-order valence-corrected chi connectivity index (χ4v) is 0.667. The van der Waals surface area contributed by atoms with Gasteiger partial charge in [0.2, 0.25) is 11.8 Å². The summed E-state index contributed by atoms with van der Waals surface area (Å²) in [5.74, 6) is 0.876. The van der Waals surface area contributed by atoms with Gasteiger partial charge in [0.25, 0.3) is 0 Å². The van der Waals surface area contributed by atoms with Gasteiger partial charge in [-0.1, -0.05) is 0 Å². The van der Waals surface area contributed by atoms with E-state index >= 15 is 0 Å². The zero-order chi connectivity index (χ0) is 9.19. The van der Waals surface area contributed by atoms with E-state index < -0.39 is 5.60 Å². The maximum Gasteiger partial charge on any atom is 0.247 e. The summed E-state index contributed by atoms with van der Waals surface area (Å²) in [4.78, 5) is 0. The van der Waals surface area contributed by atoms with Crippen LogP contribution >= 0.6 is 0 Å². The molecule has 1 heterocycles. The molecule has 0 unspecified atom stereocenters. The van der Waals surface area contributed by atoms with Crippen molar-refractivity contribution in [3.05, 3.63) is 11.8 Å². The Morgan fingerprint density at radius 2 is 2.17 bits per heavy atom. The molecule has 0 saturated carbocycles. The maximum absolute atomic E-state index is 5.31. The molecule has 0 spiro atoms. The summed E-state index contributed by atoms with van der Waals surface area (Å²) in [6, 6.07) is 0. The van der Waals surface area contributed by atoms with E-state index in [0.29, 0.717) is 11.8 Å². The second-order valence-electron chi connectivity index (χ2n) is 2.92. The number of aromatic nitrogens is 2. The van der Waals surface area contributed by atoms with Crippen molar-refractivity contribution >= 4 is 0 Å². The second kappa shape index (κ2) is 3.20. The van der Waals surface area contributed by atoms with Gasteiger partial charge in [0, 0.05) is 7.11 Å². The first kappa shape index (κ1) is 9.15. The van der Waals surface area contributed by atoms with Gasteiger partial charge >= 0.3 is 0 Å². The molecule has 0 aliphatic rings. The fraction of sp³-hybridized carbons (Fsp3) is 0.714. The number of hydrogen-bond acceptors (Lipinski definition) is 5. The zero-order valence-corrected chi connectivity index (χ0v) is 7.50. The van der Waals surface area contributed by atoms with E-state index in [0.717, 1.165) is 0 Å². The lowest BCUT2D eigenvalue weighted by Gasteiger charge is -2.16. The summed E-state index contributed by atoms with van der Waals surface area (Å²) >= 11 is 0. The van der Waals surface area contributed by atoms with Crippen LogP contribution < -0.4 is 5.73 Å². The maximum atomic E-state index is 5.31. The van der Waals surface area contributed by atoms with Crippen LogP contribution in [-0.2, 0) is 16.9 Å². The molecule has 5 nitrogen and oxygen atoms in total. The average molecular weight is 171 g/mol. The SMILES string of the molecule is COC(C)(C)c1nnc(CN)o1. The van der Waals surface area contributed by atoms with Crippen molar-refractivity contribution in [3.8, 4) is 0 Å². The fourth-order valence-electron chi connectivity index (χ4n) is 0.667. The van der Waals surface area contributed by atoms with Crippen molar-refractivity contribution in [2.24, 2.45) is 5.73 Å². The normalized spacial score (nSPS) is 12.0. The first-order chi connectivity index (χ1) is 5.60. The van der Waals surface area contributed by atoms with E-state index in [1.165, 1.54) is 0 Å². The number of nitrogens with two attached hydrogens (primary N) is 1. The molecule has 0 atom stereocenters. The summed E-state index contributed by atoms with van der Waals surface area (Å²) in [7, 11) is 1.59. The van der Waals surface area contributed by atoms with Gasteiger partial charge in [-0.15, -0.1) is 10.2 Å².